The third kappa shape index (κ3) is 3.39. The molecule has 0 amide bonds. The molecule has 0 aliphatic heterocycles. The molecule has 2 nitrogen and oxygen atoms in total. The first-order chi connectivity index (χ1) is 9.69. The lowest BCUT2D eigenvalue weighted by Crippen LogP contribution is -2.21. The first-order valence-electron chi connectivity index (χ1n) is 7.42. The molecule has 0 bridgehead atoms. The highest BCUT2D eigenvalue weighted by molar-refractivity contribution is 9.10. The van der Waals surface area contributed by atoms with Crippen molar-refractivity contribution in [3.63, 3.8) is 0 Å². The molecule has 20 heavy (non-hydrogen) atoms. The van der Waals surface area contributed by atoms with Crippen LogP contribution in [0, 0.1) is 5.92 Å². The maximum Gasteiger partial charge on any atom is 0.0722 e. The minimum Gasteiger partial charge on any atom is -0.312 e. The number of halogens is 1. The topological polar surface area (TPSA) is 24.9 Å². The Hall–Kier alpha value is -0.930. The van der Waals surface area contributed by atoms with Crippen LogP contribution in [0.25, 0.3) is 10.9 Å². The number of hydrogen-bond donors (Lipinski definition) is 1. The minimum atomic E-state index is 0.305. The molecule has 0 saturated heterocycles. The summed E-state index contributed by atoms with van der Waals surface area (Å²) in [5.74, 6) is 0.743. The van der Waals surface area contributed by atoms with Crippen molar-refractivity contribution in [1.29, 1.82) is 0 Å². The van der Waals surface area contributed by atoms with Gasteiger partial charge in [0.2, 0.25) is 0 Å². The van der Waals surface area contributed by atoms with Crippen LogP contribution < -0.4 is 5.32 Å². The van der Waals surface area contributed by atoms with E-state index >= 15 is 0 Å². The second-order valence-corrected chi connectivity index (χ2v) is 6.16. The van der Waals surface area contributed by atoms with E-state index in [0.717, 1.165) is 28.0 Å². The summed E-state index contributed by atoms with van der Waals surface area (Å²) in [6, 6.07) is 10.8. The van der Waals surface area contributed by atoms with Gasteiger partial charge in [0.25, 0.3) is 0 Å². The summed E-state index contributed by atoms with van der Waals surface area (Å²) in [5.41, 5.74) is 2.19. The third-order valence-corrected chi connectivity index (χ3v) is 4.74. The van der Waals surface area contributed by atoms with Gasteiger partial charge in [-0.05, 0) is 47.4 Å². The summed E-state index contributed by atoms with van der Waals surface area (Å²) in [5, 5.41) is 4.61. The Labute approximate surface area is 130 Å². The van der Waals surface area contributed by atoms with Crippen molar-refractivity contribution in [2.45, 2.75) is 39.2 Å². The van der Waals surface area contributed by atoms with Gasteiger partial charge in [0.15, 0.2) is 0 Å². The van der Waals surface area contributed by atoms with Crippen molar-refractivity contribution in [1.82, 2.24) is 10.3 Å². The molecule has 0 fully saturated rings. The van der Waals surface area contributed by atoms with Crippen LogP contribution in [-0.4, -0.2) is 12.0 Å². The van der Waals surface area contributed by atoms with Crippen LogP contribution in [0.2, 0.25) is 0 Å². The Bertz CT molecular complexity index is 564. The number of pyridine rings is 1. The summed E-state index contributed by atoms with van der Waals surface area (Å²) in [6.07, 6.45) is 3.58. The van der Waals surface area contributed by atoms with Gasteiger partial charge in [-0.2, -0.15) is 0 Å². The molecule has 108 valence electrons. The fourth-order valence-electron chi connectivity index (χ4n) is 2.67. The van der Waals surface area contributed by atoms with Crippen LogP contribution in [0.4, 0.5) is 0 Å². The Kier molecular flexibility index (Phi) is 5.55. The molecule has 0 aliphatic carbocycles. The predicted octanol–water partition coefficient (Wildman–Crippen LogP) is 5.08. The number of nitrogens with one attached hydrogen (secondary N) is 1. The Morgan fingerprint density at radius 3 is 2.55 bits per heavy atom. The first-order valence-corrected chi connectivity index (χ1v) is 8.21. The average molecular weight is 335 g/mol. The molecule has 1 atom stereocenters. The number of fused-ring (bicyclic) bond motifs is 1. The quantitative estimate of drug-likeness (QED) is 0.796. The van der Waals surface area contributed by atoms with Gasteiger partial charge in [-0.15, -0.1) is 0 Å². The largest absolute Gasteiger partial charge is 0.312 e. The van der Waals surface area contributed by atoms with Crippen molar-refractivity contribution in [3.8, 4) is 0 Å². The zero-order valence-corrected chi connectivity index (χ0v) is 14.1. The molecule has 0 radical (unpaired) electrons. The lowest BCUT2D eigenvalue weighted by Gasteiger charge is -2.22. The van der Waals surface area contributed by atoms with Gasteiger partial charge < -0.3 is 5.32 Å². The Balaban J connectivity index is 2.35. The molecule has 3 heteroatoms. The normalized spacial score (nSPS) is 13.1. The van der Waals surface area contributed by atoms with Gasteiger partial charge in [-0.25, -0.2) is 4.98 Å². The first kappa shape index (κ1) is 15.5. The molecule has 1 heterocycles. The molecule has 2 rings (SSSR count). The summed E-state index contributed by atoms with van der Waals surface area (Å²) in [7, 11) is 2.02. The van der Waals surface area contributed by atoms with E-state index in [-0.39, 0.29) is 0 Å². The molecular formula is C17H23BrN2. The molecule has 2 aromatic rings. The van der Waals surface area contributed by atoms with Crippen LogP contribution >= 0.6 is 15.9 Å². The van der Waals surface area contributed by atoms with E-state index in [1.54, 1.807) is 0 Å². The molecule has 0 aliphatic rings. The number of hydrogen-bond acceptors (Lipinski definition) is 2. The summed E-state index contributed by atoms with van der Waals surface area (Å²) < 4.78 is 1.10. The lowest BCUT2D eigenvalue weighted by molar-refractivity contribution is 0.380. The van der Waals surface area contributed by atoms with Crippen molar-refractivity contribution in [2.75, 3.05) is 7.05 Å². The number of aromatic nitrogens is 1. The lowest BCUT2D eigenvalue weighted by atomic mass is 9.93. The molecule has 0 spiro atoms. The second kappa shape index (κ2) is 7.19. The van der Waals surface area contributed by atoms with E-state index in [2.05, 4.69) is 59.4 Å². The highest BCUT2D eigenvalue weighted by Crippen LogP contribution is 2.30. The molecule has 1 aromatic heterocycles. The van der Waals surface area contributed by atoms with Crippen molar-refractivity contribution in [3.05, 3.63) is 40.5 Å². The zero-order valence-electron chi connectivity index (χ0n) is 12.5. The smallest absolute Gasteiger partial charge is 0.0722 e. The monoisotopic (exact) mass is 334 g/mol. The maximum absolute atomic E-state index is 4.86. The molecule has 0 saturated carbocycles. The number of rotatable bonds is 6. The van der Waals surface area contributed by atoms with Gasteiger partial charge in [-0.1, -0.05) is 44.9 Å². The number of nitrogens with zero attached hydrogens (tertiary/aromatic N) is 1. The van der Waals surface area contributed by atoms with E-state index in [1.165, 1.54) is 18.2 Å². The fraction of sp³-hybridized carbons (Fsp3) is 0.471. The SMILES string of the molecule is CCC(CC)CC(NC)c1nc2ccccc2cc1Br. The van der Waals surface area contributed by atoms with Crippen molar-refractivity contribution >= 4 is 26.8 Å². The van der Waals surface area contributed by atoms with Gasteiger partial charge in [-0.3, -0.25) is 0 Å². The molecule has 1 unspecified atom stereocenters. The summed E-state index contributed by atoms with van der Waals surface area (Å²) in [4.78, 5) is 4.86. The molecule has 1 aromatic carbocycles. The van der Waals surface area contributed by atoms with Crippen LogP contribution in [0.5, 0.6) is 0 Å². The van der Waals surface area contributed by atoms with E-state index in [4.69, 9.17) is 4.98 Å². The highest BCUT2D eigenvalue weighted by Gasteiger charge is 2.18. The zero-order chi connectivity index (χ0) is 14.5. The molecular weight excluding hydrogens is 312 g/mol. The van der Waals surface area contributed by atoms with E-state index < -0.39 is 0 Å². The van der Waals surface area contributed by atoms with Crippen LogP contribution in [0.3, 0.4) is 0 Å². The third-order valence-electron chi connectivity index (χ3n) is 4.11. The van der Waals surface area contributed by atoms with E-state index in [9.17, 15) is 0 Å². The van der Waals surface area contributed by atoms with Crippen LogP contribution in [0.1, 0.15) is 44.8 Å². The van der Waals surface area contributed by atoms with Crippen molar-refractivity contribution < 1.29 is 0 Å². The number of para-hydroxylation sites is 1. The second-order valence-electron chi connectivity index (χ2n) is 5.31. The van der Waals surface area contributed by atoms with Crippen molar-refractivity contribution in [2.24, 2.45) is 5.92 Å². The standard InChI is InChI=1S/C17H23BrN2/c1-4-12(5-2)10-16(19-3)17-14(18)11-13-8-6-7-9-15(13)20-17/h6-9,11-12,16,19H,4-5,10H2,1-3H3. The fourth-order valence-corrected chi connectivity index (χ4v) is 3.28. The van der Waals surface area contributed by atoms with Gasteiger partial charge in [0.1, 0.15) is 0 Å². The Morgan fingerprint density at radius 1 is 1.20 bits per heavy atom. The molecule has 1 N–H and O–H groups in total. The summed E-state index contributed by atoms with van der Waals surface area (Å²) >= 11 is 3.69. The van der Waals surface area contributed by atoms with Gasteiger partial charge in [0.05, 0.1) is 17.3 Å². The van der Waals surface area contributed by atoms with Gasteiger partial charge >= 0.3 is 0 Å². The van der Waals surface area contributed by atoms with Gasteiger partial charge in [0, 0.05) is 9.86 Å². The number of benzene rings is 1. The maximum atomic E-state index is 4.86. The van der Waals surface area contributed by atoms with E-state index in [1.807, 2.05) is 13.1 Å². The van der Waals surface area contributed by atoms with Crippen LogP contribution in [-0.2, 0) is 0 Å². The average Bonchev–Trinajstić information content (AvgIpc) is 2.48. The Morgan fingerprint density at radius 2 is 1.90 bits per heavy atom. The van der Waals surface area contributed by atoms with E-state index in [0.29, 0.717) is 6.04 Å². The summed E-state index contributed by atoms with van der Waals surface area (Å²) in [6.45, 7) is 4.54. The highest BCUT2D eigenvalue weighted by atomic mass is 79.9. The predicted molar refractivity (Wildman–Crippen MR) is 89.9 cm³/mol. The van der Waals surface area contributed by atoms with Crippen LogP contribution in [0.15, 0.2) is 34.8 Å². The minimum absolute atomic E-state index is 0.305.